The summed E-state index contributed by atoms with van der Waals surface area (Å²) < 4.78 is 0. The lowest BCUT2D eigenvalue weighted by molar-refractivity contribution is 0.316. The maximum absolute atomic E-state index is 2.49. The third-order valence-electron chi connectivity index (χ3n) is 4.72. The van der Waals surface area contributed by atoms with Crippen molar-refractivity contribution in [1.29, 1.82) is 0 Å². The molecule has 0 fully saturated rings. The molecule has 2 atom stereocenters. The molecular formula is C20H42. The van der Waals surface area contributed by atoms with Crippen molar-refractivity contribution in [1.82, 2.24) is 0 Å². The maximum atomic E-state index is 2.49. The van der Waals surface area contributed by atoms with Crippen molar-refractivity contribution >= 4 is 0 Å². The molecule has 0 aromatic rings. The van der Waals surface area contributed by atoms with Crippen LogP contribution in [0.1, 0.15) is 118 Å². The van der Waals surface area contributed by atoms with E-state index in [1.165, 1.54) is 89.9 Å². The molecule has 122 valence electrons. The molecule has 0 saturated carbocycles. The van der Waals surface area contributed by atoms with Crippen LogP contribution in [0.3, 0.4) is 0 Å². The van der Waals surface area contributed by atoms with Gasteiger partial charge in [0.05, 0.1) is 0 Å². The molecule has 0 nitrogen and oxygen atoms in total. The summed E-state index contributed by atoms with van der Waals surface area (Å²) in [6.07, 6.45) is 20.2. The Morgan fingerprint density at radius 3 is 1.70 bits per heavy atom. The van der Waals surface area contributed by atoms with Crippen molar-refractivity contribution in [3.8, 4) is 0 Å². The van der Waals surface area contributed by atoms with Gasteiger partial charge in [-0.1, -0.05) is 111 Å². The van der Waals surface area contributed by atoms with Crippen LogP contribution in [0, 0.1) is 11.8 Å². The van der Waals surface area contributed by atoms with Crippen LogP contribution >= 0.6 is 0 Å². The van der Waals surface area contributed by atoms with E-state index in [2.05, 4.69) is 27.7 Å². The quantitative estimate of drug-likeness (QED) is 0.269. The zero-order valence-corrected chi connectivity index (χ0v) is 15.1. The Balaban J connectivity index is 3.81. The zero-order chi connectivity index (χ0) is 15.1. The summed E-state index contributed by atoms with van der Waals surface area (Å²) in [5.74, 6) is 1.98. The number of unbranched alkanes of at least 4 members (excludes halogenated alkanes) is 7. The van der Waals surface area contributed by atoms with Gasteiger partial charge in [-0.05, 0) is 18.3 Å². The summed E-state index contributed by atoms with van der Waals surface area (Å²) in [5.41, 5.74) is 0. The molecule has 0 heteroatoms. The van der Waals surface area contributed by atoms with Crippen LogP contribution in [0.2, 0.25) is 0 Å². The third kappa shape index (κ3) is 13.0. The van der Waals surface area contributed by atoms with Crippen LogP contribution in [0.15, 0.2) is 0 Å². The highest BCUT2D eigenvalue weighted by molar-refractivity contribution is 4.65. The van der Waals surface area contributed by atoms with Gasteiger partial charge in [0, 0.05) is 0 Å². The topological polar surface area (TPSA) is 0 Å². The summed E-state index contributed by atoms with van der Waals surface area (Å²) in [6.45, 7) is 9.45. The highest BCUT2D eigenvalue weighted by Gasteiger charge is 2.12. The minimum atomic E-state index is 0.957. The molecule has 0 aromatic heterocycles. The van der Waals surface area contributed by atoms with Crippen LogP contribution in [-0.2, 0) is 0 Å². The molecule has 0 aliphatic rings. The zero-order valence-electron chi connectivity index (χ0n) is 15.1. The molecule has 0 rings (SSSR count). The fourth-order valence-corrected chi connectivity index (χ4v) is 3.34. The standard InChI is InChI=1S/C20H42/c1-5-8-11-12-14-17-20(16-10-7-3)18-19(4)15-13-9-6-2/h19-20H,5-18H2,1-4H3. The molecule has 0 aromatic carbocycles. The Labute approximate surface area is 130 Å². The molecular weight excluding hydrogens is 240 g/mol. The third-order valence-corrected chi connectivity index (χ3v) is 4.72. The summed E-state index contributed by atoms with van der Waals surface area (Å²) in [5, 5.41) is 0. The predicted molar refractivity (Wildman–Crippen MR) is 94.3 cm³/mol. The van der Waals surface area contributed by atoms with Gasteiger partial charge in [0.1, 0.15) is 0 Å². The SMILES string of the molecule is CCCCCCCC(CCCC)CC(C)CCCCC. The van der Waals surface area contributed by atoms with Crippen LogP contribution in [-0.4, -0.2) is 0 Å². The molecule has 0 heterocycles. The average Bonchev–Trinajstić information content (AvgIpc) is 2.44. The molecule has 0 amide bonds. The molecule has 0 aliphatic heterocycles. The normalized spacial score (nSPS) is 14.4. The van der Waals surface area contributed by atoms with Crippen molar-refractivity contribution in [2.75, 3.05) is 0 Å². The van der Waals surface area contributed by atoms with Crippen LogP contribution in [0.5, 0.6) is 0 Å². The lowest BCUT2D eigenvalue weighted by atomic mass is 9.85. The molecule has 2 unspecified atom stereocenters. The lowest BCUT2D eigenvalue weighted by Crippen LogP contribution is -2.07. The summed E-state index contributed by atoms with van der Waals surface area (Å²) in [6, 6.07) is 0. The molecule has 0 spiro atoms. The van der Waals surface area contributed by atoms with E-state index in [0.29, 0.717) is 0 Å². The van der Waals surface area contributed by atoms with Gasteiger partial charge in [-0.2, -0.15) is 0 Å². The molecule has 0 saturated heterocycles. The van der Waals surface area contributed by atoms with Crippen molar-refractivity contribution in [3.05, 3.63) is 0 Å². The predicted octanol–water partition coefficient (Wildman–Crippen LogP) is 7.76. The number of hydrogen-bond donors (Lipinski definition) is 0. The Bertz CT molecular complexity index is 173. The Morgan fingerprint density at radius 2 is 1.05 bits per heavy atom. The van der Waals surface area contributed by atoms with E-state index in [1.807, 2.05) is 0 Å². The van der Waals surface area contributed by atoms with Crippen LogP contribution in [0.4, 0.5) is 0 Å². The second-order valence-electron chi connectivity index (χ2n) is 7.05. The van der Waals surface area contributed by atoms with E-state index < -0.39 is 0 Å². The van der Waals surface area contributed by atoms with Crippen LogP contribution in [0.25, 0.3) is 0 Å². The van der Waals surface area contributed by atoms with Gasteiger partial charge in [0.15, 0.2) is 0 Å². The summed E-state index contributed by atoms with van der Waals surface area (Å²) in [7, 11) is 0. The maximum Gasteiger partial charge on any atom is -0.0412 e. The molecule has 20 heavy (non-hydrogen) atoms. The Morgan fingerprint density at radius 1 is 0.550 bits per heavy atom. The van der Waals surface area contributed by atoms with E-state index in [-0.39, 0.29) is 0 Å². The average molecular weight is 283 g/mol. The van der Waals surface area contributed by atoms with Crippen molar-refractivity contribution in [2.45, 2.75) is 118 Å². The lowest BCUT2D eigenvalue weighted by Gasteiger charge is -2.21. The minimum absolute atomic E-state index is 0.957. The molecule has 0 bridgehead atoms. The van der Waals surface area contributed by atoms with E-state index in [9.17, 15) is 0 Å². The summed E-state index contributed by atoms with van der Waals surface area (Å²) in [4.78, 5) is 0. The largest absolute Gasteiger partial charge is 0.0654 e. The first-order valence-electron chi connectivity index (χ1n) is 9.74. The number of hydrogen-bond acceptors (Lipinski definition) is 0. The second-order valence-corrected chi connectivity index (χ2v) is 7.05. The van der Waals surface area contributed by atoms with E-state index in [1.54, 1.807) is 0 Å². The first kappa shape index (κ1) is 20.0. The minimum Gasteiger partial charge on any atom is -0.0654 e. The van der Waals surface area contributed by atoms with E-state index >= 15 is 0 Å². The van der Waals surface area contributed by atoms with Crippen molar-refractivity contribution < 1.29 is 0 Å². The number of rotatable bonds is 15. The van der Waals surface area contributed by atoms with Crippen LogP contribution < -0.4 is 0 Å². The summed E-state index contributed by atoms with van der Waals surface area (Å²) >= 11 is 0. The first-order valence-corrected chi connectivity index (χ1v) is 9.74. The highest BCUT2D eigenvalue weighted by atomic mass is 14.2. The van der Waals surface area contributed by atoms with E-state index in [0.717, 1.165) is 11.8 Å². The van der Waals surface area contributed by atoms with Crippen molar-refractivity contribution in [3.63, 3.8) is 0 Å². The molecule has 0 radical (unpaired) electrons. The van der Waals surface area contributed by atoms with Gasteiger partial charge in [-0.25, -0.2) is 0 Å². The molecule has 0 aliphatic carbocycles. The smallest absolute Gasteiger partial charge is 0.0412 e. The van der Waals surface area contributed by atoms with Gasteiger partial charge >= 0.3 is 0 Å². The second kappa shape index (κ2) is 15.4. The fraction of sp³-hybridized carbons (Fsp3) is 1.00. The van der Waals surface area contributed by atoms with E-state index in [4.69, 9.17) is 0 Å². The Kier molecular flexibility index (Phi) is 15.4. The first-order chi connectivity index (χ1) is 9.74. The molecule has 0 N–H and O–H groups in total. The highest BCUT2D eigenvalue weighted by Crippen LogP contribution is 2.27. The van der Waals surface area contributed by atoms with Gasteiger partial charge < -0.3 is 0 Å². The Hall–Kier alpha value is 0. The van der Waals surface area contributed by atoms with Gasteiger partial charge in [-0.15, -0.1) is 0 Å². The van der Waals surface area contributed by atoms with Gasteiger partial charge in [0.25, 0.3) is 0 Å². The monoisotopic (exact) mass is 282 g/mol. The van der Waals surface area contributed by atoms with Gasteiger partial charge in [-0.3, -0.25) is 0 Å². The van der Waals surface area contributed by atoms with Crippen molar-refractivity contribution in [2.24, 2.45) is 11.8 Å². The van der Waals surface area contributed by atoms with Gasteiger partial charge in [0.2, 0.25) is 0 Å². The fourth-order valence-electron chi connectivity index (χ4n) is 3.34.